The second-order valence-corrected chi connectivity index (χ2v) is 6.45. The molecule has 0 saturated heterocycles. The van der Waals surface area contributed by atoms with Crippen molar-refractivity contribution in [2.45, 2.75) is 24.3 Å². The highest BCUT2D eigenvalue weighted by Crippen LogP contribution is 2.23. The van der Waals surface area contributed by atoms with Gasteiger partial charge in [-0.15, -0.1) is 0 Å². The highest BCUT2D eigenvalue weighted by atomic mass is 35.5. The van der Waals surface area contributed by atoms with Crippen molar-refractivity contribution in [3.8, 4) is 0 Å². The Bertz CT molecular complexity index is 719. The minimum Gasteiger partial charge on any atom is -0.347 e. The van der Waals surface area contributed by atoms with E-state index in [0.29, 0.717) is 11.0 Å². The molecule has 21 heavy (non-hydrogen) atoms. The zero-order valence-electron chi connectivity index (χ0n) is 11.3. The molecule has 8 heteroatoms. The molecule has 2 rings (SSSR count). The number of sulfonamides is 1. The summed E-state index contributed by atoms with van der Waals surface area (Å²) in [4.78, 5) is 8.21. The average Bonchev–Trinajstić information content (AvgIpc) is 2.46. The minimum atomic E-state index is -3.72. The van der Waals surface area contributed by atoms with Crippen molar-refractivity contribution in [3.63, 3.8) is 0 Å². The first-order valence-electron chi connectivity index (χ1n) is 6.27. The van der Waals surface area contributed by atoms with Crippen molar-refractivity contribution >= 4 is 27.6 Å². The molecule has 0 aliphatic heterocycles. The maximum Gasteiger partial charge on any atom is 0.238 e. The second kappa shape index (κ2) is 6.38. The van der Waals surface area contributed by atoms with Crippen LogP contribution in [0, 0.1) is 0 Å². The number of rotatable bonds is 5. The van der Waals surface area contributed by atoms with E-state index in [1.54, 1.807) is 12.1 Å². The Kier molecular flexibility index (Phi) is 4.76. The summed E-state index contributed by atoms with van der Waals surface area (Å²) in [5, 5.41) is 8.73. The van der Waals surface area contributed by atoms with Gasteiger partial charge in [0.2, 0.25) is 16.0 Å². The highest BCUT2D eigenvalue weighted by Gasteiger charge is 2.14. The Balaban J connectivity index is 2.27. The number of hydrogen-bond donors (Lipinski definition) is 2. The number of hydrogen-bond acceptors (Lipinski definition) is 5. The van der Waals surface area contributed by atoms with Gasteiger partial charge in [0.1, 0.15) is 0 Å². The number of aromatic nitrogens is 2. The van der Waals surface area contributed by atoms with Crippen LogP contribution in [0.5, 0.6) is 0 Å². The molecule has 1 aromatic heterocycles. The second-order valence-electron chi connectivity index (χ2n) is 4.45. The minimum absolute atomic E-state index is 0.0808. The number of benzene rings is 1. The highest BCUT2D eigenvalue weighted by molar-refractivity contribution is 7.89. The maximum absolute atomic E-state index is 11.4. The van der Waals surface area contributed by atoms with Gasteiger partial charge >= 0.3 is 0 Å². The fourth-order valence-electron chi connectivity index (χ4n) is 1.87. The number of anilines is 1. The van der Waals surface area contributed by atoms with Crippen LogP contribution in [0.1, 0.15) is 24.9 Å². The van der Waals surface area contributed by atoms with Crippen LogP contribution in [0.3, 0.4) is 0 Å². The number of primary sulfonamides is 1. The Morgan fingerprint density at radius 2 is 2.00 bits per heavy atom. The topological polar surface area (TPSA) is 98.0 Å². The van der Waals surface area contributed by atoms with E-state index in [1.807, 2.05) is 13.0 Å². The number of halogens is 1. The fraction of sp³-hybridized carbons (Fsp3) is 0.231. The maximum atomic E-state index is 11.4. The SMILES string of the molecule is CC[C@@H](Nc1ncc(Cl)cn1)c1cccc(S(N)(=O)=O)c1. The van der Waals surface area contributed by atoms with Crippen LogP contribution < -0.4 is 10.5 Å². The van der Waals surface area contributed by atoms with Crippen molar-refractivity contribution in [2.24, 2.45) is 5.14 Å². The molecule has 6 nitrogen and oxygen atoms in total. The van der Waals surface area contributed by atoms with Gasteiger partial charge in [-0.25, -0.2) is 23.5 Å². The van der Waals surface area contributed by atoms with E-state index in [9.17, 15) is 8.42 Å². The lowest BCUT2D eigenvalue weighted by atomic mass is 10.1. The Morgan fingerprint density at radius 1 is 1.33 bits per heavy atom. The smallest absolute Gasteiger partial charge is 0.238 e. The number of nitrogens with one attached hydrogen (secondary N) is 1. The molecular formula is C13H15ClN4O2S. The van der Waals surface area contributed by atoms with Crippen molar-refractivity contribution in [1.29, 1.82) is 0 Å². The van der Waals surface area contributed by atoms with E-state index in [0.717, 1.165) is 12.0 Å². The van der Waals surface area contributed by atoms with E-state index in [2.05, 4.69) is 15.3 Å². The molecule has 0 spiro atoms. The van der Waals surface area contributed by atoms with Gasteiger partial charge in [-0.05, 0) is 24.1 Å². The quantitative estimate of drug-likeness (QED) is 0.878. The van der Waals surface area contributed by atoms with Gasteiger partial charge in [-0.3, -0.25) is 0 Å². The summed E-state index contributed by atoms with van der Waals surface area (Å²) in [7, 11) is -3.72. The molecule has 112 valence electrons. The summed E-state index contributed by atoms with van der Waals surface area (Å²) in [5.74, 6) is 0.423. The van der Waals surface area contributed by atoms with Crippen LogP contribution in [-0.4, -0.2) is 18.4 Å². The Morgan fingerprint density at radius 3 is 2.57 bits per heavy atom. The van der Waals surface area contributed by atoms with Crippen LogP contribution in [0.4, 0.5) is 5.95 Å². The zero-order chi connectivity index (χ0) is 15.5. The van der Waals surface area contributed by atoms with Crippen molar-refractivity contribution in [1.82, 2.24) is 9.97 Å². The van der Waals surface area contributed by atoms with Crippen LogP contribution in [0.15, 0.2) is 41.6 Å². The van der Waals surface area contributed by atoms with Crippen LogP contribution in [0.25, 0.3) is 0 Å². The third-order valence-corrected chi connectivity index (χ3v) is 4.03. The van der Waals surface area contributed by atoms with Crippen LogP contribution in [-0.2, 0) is 10.0 Å². The molecule has 0 saturated carbocycles. The summed E-state index contributed by atoms with van der Waals surface area (Å²) in [6.07, 6.45) is 3.70. The first-order valence-corrected chi connectivity index (χ1v) is 8.19. The van der Waals surface area contributed by atoms with E-state index in [4.69, 9.17) is 16.7 Å². The lowest BCUT2D eigenvalue weighted by Gasteiger charge is -2.17. The average molecular weight is 327 g/mol. The predicted octanol–water partition coefficient (Wildman–Crippen LogP) is 2.34. The molecule has 1 atom stereocenters. The van der Waals surface area contributed by atoms with E-state index >= 15 is 0 Å². The Hall–Kier alpha value is -1.70. The molecule has 0 bridgehead atoms. The molecule has 0 fully saturated rings. The third kappa shape index (κ3) is 4.13. The van der Waals surface area contributed by atoms with Crippen molar-refractivity contribution < 1.29 is 8.42 Å². The molecule has 2 aromatic rings. The zero-order valence-corrected chi connectivity index (χ0v) is 12.9. The summed E-state index contributed by atoms with van der Waals surface area (Å²) < 4.78 is 22.8. The summed E-state index contributed by atoms with van der Waals surface area (Å²) in [5.41, 5.74) is 0.794. The number of nitrogens with zero attached hydrogens (tertiary/aromatic N) is 2. The normalized spacial score (nSPS) is 12.9. The molecule has 3 N–H and O–H groups in total. The lowest BCUT2D eigenvalue weighted by molar-refractivity contribution is 0.597. The summed E-state index contributed by atoms with van der Waals surface area (Å²) in [6, 6.07) is 6.36. The van der Waals surface area contributed by atoms with Gasteiger partial charge in [0, 0.05) is 0 Å². The molecule has 0 unspecified atom stereocenters. The van der Waals surface area contributed by atoms with Crippen LogP contribution >= 0.6 is 11.6 Å². The first kappa shape index (κ1) is 15.7. The molecule has 0 radical (unpaired) electrons. The molecule has 1 heterocycles. The van der Waals surface area contributed by atoms with Gasteiger partial charge in [0.05, 0.1) is 28.4 Å². The van der Waals surface area contributed by atoms with E-state index < -0.39 is 10.0 Å². The van der Waals surface area contributed by atoms with Gasteiger partial charge in [-0.1, -0.05) is 30.7 Å². The lowest BCUT2D eigenvalue weighted by Crippen LogP contribution is -2.15. The standard InChI is InChI=1S/C13H15ClN4O2S/c1-2-12(18-13-16-7-10(14)8-17-13)9-4-3-5-11(6-9)21(15,19)20/h3-8,12H,2H2,1H3,(H2,15,19,20)(H,16,17,18)/t12-/m1/s1. The fourth-order valence-corrected chi connectivity index (χ4v) is 2.54. The summed E-state index contributed by atoms with van der Waals surface area (Å²) in [6.45, 7) is 1.97. The van der Waals surface area contributed by atoms with Crippen molar-refractivity contribution in [2.75, 3.05) is 5.32 Å². The first-order chi connectivity index (χ1) is 9.90. The summed E-state index contributed by atoms with van der Waals surface area (Å²) >= 11 is 5.74. The van der Waals surface area contributed by atoms with Crippen molar-refractivity contribution in [3.05, 3.63) is 47.2 Å². The monoisotopic (exact) mass is 326 g/mol. The van der Waals surface area contributed by atoms with Gasteiger partial charge in [-0.2, -0.15) is 0 Å². The van der Waals surface area contributed by atoms with E-state index in [-0.39, 0.29) is 10.9 Å². The molecule has 1 aromatic carbocycles. The van der Waals surface area contributed by atoms with Gasteiger partial charge in [0.25, 0.3) is 0 Å². The number of nitrogens with two attached hydrogens (primary N) is 1. The molecule has 0 aliphatic rings. The van der Waals surface area contributed by atoms with Gasteiger partial charge < -0.3 is 5.32 Å². The van der Waals surface area contributed by atoms with Crippen LogP contribution in [0.2, 0.25) is 5.02 Å². The molecule has 0 aliphatic carbocycles. The Labute approximate surface area is 128 Å². The van der Waals surface area contributed by atoms with Gasteiger partial charge in [0.15, 0.2) is 0 Å². The third-order valence-electron chi connectivity index (χ3n) is 2.92. The largest absolute Gasteiger partial charge is 0.347 e. The molecular weight excluding hydrogens is 312 g/mol. The predicted molar refractivity (Wildman–Crippen MR) is 81.5 cm³/mol. The molecule has 0 amide bonds. The van der Waals surface area contributed by atoms with E-state index in [1.165, 1.54) is 18.5 Å².